The van der Waals surface area contributed by atoms with Crippen LogP contribution in [0.4, 0.5) is 0 Å². The molecular weight excluding hydrogens is 370 g/mol. The lowest BCUT2D eigenvalue weighted by Gasteiger charge is -2.31. The number of fused-ring (bicyclic) bond motifs is 2. The van der Waals surface area contributed by atoms with Gasteiger partial charge in [0, 0.05) is 19.7 Å². The highest BCUT2D eigenvalue weighted by Crippen LogP contribution is 2.43. The SMILES string of the molecule is Cn1c(=O)n(C)c2cc(C(=O)NC3(c4ccc5c(c4)OCO5)CCCC3)ccc21. The Hall–Kier alpha value is -3.22. The molecule has 3 aromatic rings. The van der Waals surface area contributed by atoms with Crippen LogP contribution in [-0.2, 0) is 19.6 Å². The minimum atomic E-state index is -0.421. The normalized spacial score (nSPS) is 17.0. The summed E-state index contributed by atoms with van der Waals surface area (Å²) in [5, 5.41) is 3.29. The van der Waals surface area contributed by atoms with Gasteiger partial charge in [-0.1, -0.05) is 18.9 Å². The first kappa shape index (κ1) is 17.8. The van der Waals surface area contributed by atoms with Gasteiger partial charge in [0.05, 0.1) is 16.6 Å². The van der Waals surface area contributed by atoms with E-state index < -0.39 is 5.54 Å². The van der Waals surface area contributed by atoms with Gasteiger partial charge in [-0.05, 0) is 48.7 Å². The molecule has 29 heavy (non-hydrogen) atoms. The van der Waals surface area contributed by atoms with Gasteiger partial charge in [0.25, 0.3) is 5.91 Å². The number of amides is 1. The summed E-state index contributed by atoms with van der Waals surface area (Å²) in [6.07, 6.45) is 3.87. The lowest BCUT2D eigenvalue weighted by atomic mass is 9.87. The highest BCUT2D eigenvalue weighted by Gasteiger charge is 2.38. The molecule has 1 amide bonds. The number of nitrogens with zero attached hydrogens (tertiary/aromatic N) is 2. The molecule has 0 saturated heterocycles. The number of benzene rings is 2. The van der Waals surface area contributed by atoms with Crippen molar-refractivity contribution in [3.63, 3.8) is 0 Å². The highest BCUT2D eigenvalue weighted by molar-refractivity contribution is 5.98. The quantitative estimate of drug-likeness (QED) is 0.743. The van der Waals surface area contributed by atoms with E-state index in [-0.39, 0.29) is 18.4 Å². The summed E-state index contributed by atoms with van der Waals surface area (Å²) in [4.78, 5) is 25.4. The number of rotatable bonds is 3. The zero-order valence-electron chi connectivity index (χ0n) is 16.5. The Morgan fingerprint density at radius 1 is 0.966 bits per heavy atom. The van der Waals surface area contributed by atoms with Crippen molar-refractivity contribution in [3.8, 4) is 11.5 Å². The third-order valence-electron chi connectivity index (χ3n) is 6.27. The molecule has 0 atom stereocenters. The Kier molecular flexibility index (Phi) is 3.94. The van der Waals surface area contributed by atoms with Gasteiger partial charge in [0.1, 0.15) is 0 Å². The second-order valence-corrected chi connectivity index (χ2v) is 7.92. The van der Waals surface area contributed by atoms with Gasteiger partial charge in [-0.25, -0.2) is 4.79 Å². The summed E-state index contributed by atoms with van der Waals surface area (Å²) >= 11 is 0. The number of nitrogens with one attached hydrogen (secondary N) is 1. The molecule has 0 radical (unpaired) electrons. The second-order valence-electron chi connectivity index (χ2n) is 7.92. The summed E-state index contributed by atoms with van der Waals surface area (Å²) in [6.45, 7) is 0.230. The first-order valence-electron chi connectivity index (χ1n) is 9.87. The third kappa shape index (κ3) is 2.72. The van der Waals surface area contributed by atoms with Crippen molar-refractivity contribution >= 4 is 16.9 Å². The zero-order valence-corrected chi connectivity index (χ0v) is 16.5. The average molecular weight is 393 g/mol. The van der Waals surface area contributed by atoms with Crippen LogP contribution in [-0.4, -0.2) is 21.8 Å². The number of aromatic nitrogens is 2. The van der Waals surface area contributed by atoms with Crippen molar-refractivity contribution in [1.29, 1.82) is 0 Å². The van der Waals surface area contributed by atoms with Gasteiger partial charge < -0.3 is 14.8 Å². The molecule has 5 rings (SSSR count). The van der Waals surface area contributed by atoms with Gasteiger partial charge in [0.15, 0.2) is 11.5 Å². The number of hydrogen-bond acceptors (Lipinski definition) is 4. The van der Waals surface area contributed by atoms with E-state index in [9.17, 15) is 9.59 Å². The Balaban J connectivity index is 1.50. The molecule has 1 aromatic heterocycles. The van der Waals surface area contributed by atoms with E-state index in [0.29, 0.717) is 5.56 Å². The van der Waals surface area contributed by atoms with E-state index >= 15 is 0 Å². The lowest BCUT2D eigenvalue weighted by molar-refractivity contribution is 0.0898. The molecule has 1 aliphatic carbocycles. The number of aryl methyl sites for hydroxylation is 2. The van der Waals surface area contributed by atoms with E-state index in [4.69, 9.17) is 9.47 Å². The monoisotopic (exact) mass is 393 g/mol. The van der Waals surface area contributed by atoms with Crippen molar-refractivity contribution < 1.29 is 14.3 Å². The number of carbonyl (C=O) groups excluding carboxylic acids is 1. The average Bonchev–Trinajstić information content (AvgIpc) is 3.44. The highest BCUT2D eigenvalue weighted by atomic mass is 16.7. The van der Waals surface area contributed by atoms with Gasteiger partial charge in [-0.15, -0.1) is 0 Å². The Bertz CT molecular complexity index is 1180. The fourth-order valence-electron chi connectivity index (χ4n) is 4.60. The summed E-state index contributed by atoms with van der Waals surface area (Å²) in [5.41, 5.74) is 2.61. The van der Waals surface area contributed by atoms with Crippen LogP contribution in [0.1, 0.15) is 41.6 Å². The largest absolute Gasteiger partial charge is 0.454 e. The minimum absolute atomic E-state index is 0.106. The number of ether oxygens (including phenoxy) is 2. The molecule has 2 aliphatic rings. The molecule has 2 aromatic carbocycles. The Morgan fingerprint density at radius 3 is 2.48 bits per heavy atom. The molecule has 150 valence electrons. The first-order valence-corrected chi connectivity index (χ1v) is 9.87. The molecule has 1 fully saturated rings. The molecule has 1 N–H and O–H groups in total. The zero-order chi connectivity index (χ0) is 20.2. The summed E-state index contributed by atoms with van der Waals surface area (Å²) in [7, 11) is 3.45. The maximum Gasteiger partial charge on any atom is 0.328 e. The minimum Gasteiger partial charge on any atom is -0.454 e. The molecule has 7 nitrogen and oxygen atoms in total. The van der Waals surface area contributed by atoms with E-state index in [0.717, 1.165) is 53.8 Å². The molecule has 7 heteroatoms. The van der Waals surface area contributed by atoms with Crippen LogP contribution in [0.3, 0.4) is 0 Å². The number of hydrogen-bond donors (Lipinski definition) is 1. The molecule has 2 heterocycles. The lowest BCUT2D eigenvalue weighted by Crippen LogP contribution is -2.43. The fourth-order valence-corrected chi connectivity index (χ4v) is 4.60. The summed E-state index contributed by atoms with van der Waals surface area (Å²) < 4.78 is 14.1. The van der Waals surface area contributed by atoms with Gasteiger partial charge in [-0.2, -0.15) is 0 Å². The van der Waals surface area contributed by atoms with Crippen LogP contribution >= 0.6 is 0 Å². The van der Waals surface area contributed by atoms with Gasteiger partial charge in [-0.3, -0.25) is 13.9 Å². The van der Waals surface area contributed by atoms with Crippen LogP contribution in [0.2, 0.25) is 0 Å². The molecular formula is C22H23N3O4. The van der Waals surface area contributed by atoms with Gasteiger partial charge >= 0.3 is 5.69 Å². The smallest absolute Gasteiger partial charge is 0.328 e. The van der Waals surface area contributed by atoms with E-state index in [2.05, 4.69) is 5.32 Å². The van der Waals surface area contributed by atoms with Crippen LogP contribution < -0.4 is 20.5 Å². The van der Waals surface area contributed by atoms with E-state index in [1.807, 2.05) is 24.3 Å². The molecule has 1 aliphatic heterocycles. The van der Waals surface area contributed by atoms with Crippen molar-refractivity contribution in [2.75, 3.05) is 6.79 Å². The maximum absolute atomic E-state index is 13.2. The fraction of sp³-hybridized carbons (Fsp3) is 0.364. The second kappa shape index (κ2) is 6.40. The Labute approximate surface area is 167 Å². The van der Waals surface area contributed by atoms with Crippen LogP contribution in [0.5, 0.6) is 11.5 Å². The molecule has 0 unspecified atom stereocenters. The predicted molar refractivity (Wildman–Crippen MR) is 108 cm³/mol. The third-order valence-corrected chi connectivity index (χ3v) is 6.27. The Morgan fingerprint density at radius 2 is 1.69 bits per heavy atom. The van der Waals surface area contributed by atoms with E-state index in [1.165, 1.54) is 0 Å². The van der Waals surface area contributed by atoms with E-state index in [1.54, 1.807) is 35.4 Å². The summed E-state index contributed by atoms with van der Waals surface area (Å²) in [5.74, 6) is 1.33. The maximum atomic E-state index is 13.2. The molecule has 1 saturated carbocycles. The topological polar surface area (TPSA) is 74.5 Å². The van der Waals surface area contributed by atoms with Crippen LogP contribution in [0, 0.1) is 0 Å². The van der Waals surface area contributed by atoms with Crippen molar-refractivity contribution in [2.24, 2.45) is 14.1 Å². The first-order chi connectivity index (χ1) is 14.0. The van der Waals surface area contributed by atoms with Crippen molar-refractivity contribution in [2.45, 2.75) is 31.2 Å². The van der Waals surface area contributed by atoms with Crippen LogP contribution in [0.15, 0.2) is 41.2 Å². The van der Waals surface area contributed by atoms with Crippen LogP contribution in [0.25, 0.3) is 11.0 Å². The van der Waals surface area contributed by atoms with Crippen molar-refractivity contribution in [3.05, 3.63) is 58.0 Å². The predicted octanol–water partition coefficient (Wildman–Crippen LogP) is 2.81. The molecule has 0 spiro atoms. The number of imidazole rings is 1. The summed E-state index contributed by atoms with van der Waals surface area (Å²) in [6, 6.07) is 11.3. The standard InChI is InChI=1S/C22H23N3O4/c1-24-16-7-5-14(11-17(16)25(2)21(24)27)20(26)23-22(9-3-4-10-22)15-6-8-18-19(12-15)29-13-28-18/h5-8,11-12H,3-4,9-10,13H2,1-2H3,(H,23,26). The number of carbonyl (C=O) groups is 1. The van der Waals surface area contributed by atoms with Gasteiger partial charge in [0.2, 0.25) is 6.79 Å². The van der Waals surface area contributed by atoms with Crippen molar-refractivity contribution in [1.82, 2.24) is 14.5 Å². The molecule has 0 bridgehead atoms.